The third-order valence-electron chi connectivity index (χ3n) is 3.16. The van der Waals surface area contributed by atoms with E-state index in [9.17, 15) is 4.79 Å². The molecule has 1 aliphatic heterocycles. The molecular formula is C16H25BrN2O2. The minimum Gasteiger partial charge on any atom is -0.444 e. The largest absolute Gasteiger partial charge is 0.444 e. The van der Waals surface area contributed by atoms with E-state index in [1.807, 2.05) is 40.7 Å². The number of aliphatic imine (C=N–C) groups is 1. The van der Waals surface area contributed by atoms with Gasteiger partial charge in [-0.25, -0.2) is 4.79 Å². The molecule has 1 atom stereocenters. The second kappa shape index (κ2) is 7.25. The molecule has 0 bridgehead atoms. The number of hydrogen-bond donors (Lipinski definition) is 0. The molecule has 0 aliphatic carbocycles. The number of hydrogen-bond acceptors (Lipinski definition) is 3. The maximum absolute atomic E-state index is 12.1. The zero-order valence-corrected chi connectivity index (χ0v) is 15.3. The Morgan fingerprint density at radius 1 is 1.52 bits per heavy atom. The first-order valence-corrected chi connectivity index (χ1v) is 7.94. The van der Waals surface area contributed by atoms with Crippen LogP contribution in [-0.4, -0.2) is 35.4 Å². The summed E-state index contributed by atoms with van der Waals surface area (Å²) in [6.45, 7) is 9.59. The lowest BCUT2D eigenvalue weighted by Gasteiger charge is -2.28. The van der Waals surface area contributed by atoms with Crippen molar-refractivity contribution in [1.29, 1.82) is 0 Å². The van der Waals surface area contributed by atoms with E-state index in [4.69, 9.17) is 4.74 Å². The Labute approximate surface area is 136 Å². The number of carbonyl (C=O) groups is 1. The van der Waals surface area contributed by atoms with Crippen LogP contribution in [0, 0.1) is 0 Å². The lowest BCUT2D eigenvalue weighted by Crippen LogP contribution is -2.40. The Kier molecular flexibility index (Phi) is 6.20. The van der Waals surface area contributed by atoms with E-state index >= 15 is 0 Å². The molecular weight excluding hydrogens is 332 g/mol. The summed E-state index contributed by atoms with van der Waals surface area (Å²) >= 11 is 3.52. The van der Waals surface area contributed by atoms with Crippen molar-refractivity contribution in [1.82, 2.24) is 4.90 Å². The fraction of sp³-hybridized carbons (Fsp3) is 0.625. The highest BCUT2D eigenvalue weighted by Crippen LogP contribution is 2.21. The second-order valence-electron chi connectivity index (χ2n) is 6.34. The van der Waals surface area contributed by atoms with Crippen LogP contribution in [0.1, 0.15) is 47.5 Å². The van der Waals surface area contributed by atoms with E-state index in [1.54, 1.807) is 11.9 Å². The molecule has 0 aromatic heterocycles. The zero-order valence-electron chi connectivity index (χ0n) is 13.7. The smallest absolute Gasteiger partial charge is 0.410 e. The molecule has 0 saturated carbocycles. The number of rotatable bonds is 3. The van der Waals surface area contributed by atoms with Gasteiger partial charge in [0.05, 0.1) is 0 Å². The molecule has 1 amide bonds. The average molecular weight is 357 g/mol. The molecule has 1 aliphatic rings. The lowest BCUT2D eigenvalue weighted by molar-refractivity contribution is 0.0241. The Balaban J connectivity index is 2.70. The van der Waals surface area contributed by atoms with Crippen molar-refractivity contribution in [3.8, 4) is 0 Å². The fourth-order valence-electron chi connectivity index (χ4n) is 1.83. The van der Waals surface area contributed by atoms with Crippen LogP contribution in [0.5, 0.6) is 0 Å². The molecule has 4 nitrogen and oxygen atoms in total. The Hall–Kier alpha value is -1.10. The highest BCUT2D eigenvalue weighted by Gasteiger charge is 2.23. The van der Waals surface area contributed by atoms with Crippen LogP contribution in [0.25, 0.3) is 0 Å². The predicted octanol–water partition coefficient (Wildman–Crippen LogP) is 4.66. The molecule has 0 saturated heterocycles. The van der Waals surface area contributed by atoms with Gasteiger partial charge < -0.3 is 9.64 Å². The standard InChI is InChI=1S/C16H25BrN2O2/c1-11(19(6)15(20)21-16(3,4)5)10-13-8-7-9-14(17)12(2)18-13/h7-8,11H,9-10H2,1-6H3. The normalized spacial score (nSPS) is 17.2. The van der Waals surface area contributed by atoms with Crippen LogP contribution in [0.3, 0.4) is 0 Å². The van der Waals surface area contributed by atoms with E-state index < -0.39 is 5.60 Å². The molecule has 0 aromatic carbocycles. The Morgan fingerprint density at radius 3 is 2.71 bits per heavy atom. The Bertz CT molecular complexity index is 487. The summed E-state index contributed by atoms with van der Waals surface area (Å²) in [6, 6.07) is 0.0212. The average Bonchev–Trinajstić information content (AvgIpc) is 2.49. The van der Waals surface area contributed by atoms with Crippen molar-refractivity contribution >= 4 is 27.7 Å². The SMILES string of the molecule is CC1=C(Br)CC=CC(CC(C)N(C)C(=O)OC(C)(C)C)=N1. The first-order valence-electron chi connectivity index (χ1n) is 7.15. The van der Waals surface area contributed by atoms with Gasteiger partial charge in [0.15, 0.2) is 0 Å². The Morgan fingerprint density at radius 2 is 2.14 bits per heavy atom. The van der Waals surface area contributed by atoms with E-state index in [1.165, 1.54) is 0 Å². The van der Waals surface area contributed by atoms with Crippen LogP contribution in [-0.2, 0) is 4.74 Å². The van der Waals surface area contributed by atoms with Gasteiger partial charge in [-0.3, -0.25) is 4.99 Å². The summed E-state index contributed by atoms with van der Waals surface area (Å²) in [6.07, 6.45) is 5.36. The molecule has 0 radical (unpaired) electrons. The monoisotopic (exact) mass is 356 g/mol. The van der Waals surface area contributed by atoms with Gasteiger partial charge in [-0.1, -0.05) is 22.0 Å². The highest BCUT2D eigenvalue weighted by molar-refractivity contribution is 9.11. The summed E-state index contributed by atoms with van der Waals surface area (Å²) in [5, 5.41) is 0. The zero-order chi connectivity index (χ0) is 16.2. The molecule has 0 spiro atoms. The quantitative estimate of drug-likeness (QED) is 0.737. The number of nitrogens with zero attached hydrogens (tertiary/aromatic N) is 2. The van der Waals surface area contributed by atoms with E-state index in [2.05, 4.69) is 27.0 Å². The van der Waals surface area contributed by atoms with Crippen molar-refractivity contribution in [2.75, 3.05) is 7.05 Å². The third kappa shape index (κ3) is 6.04. The van der Waals surface area contributed by atoms with Gasteiger partial charge in [0.25, 0.3) is 0 Å². The van der Waals surface area contributed by atoms with Crippen LogP contribution in [0.2, 0.25) is 0 Å². The van der Waals surface area contributed by atoms with Gasteiger partial charge >= 0.3 is 6.09 Å². The van der Waals surface area contributed by atoms with Crippen LogP contribution in [0.4, 0.5) is 4.79 Å². The van der Waals surface area contributed by atoms with Gasteiger partial charge in [-0.05, 0) is 47.1 Å². The summed E-state index contributed by atoms with van der Waals surface area (Å²) in [5.41, 5.74) is 1.49. The van der Waals surface area contributed by atoms with Crippen molar-refractivity contribution < 1.29 is 9.53 Å². The fourth-order valence-corrected chi connectivity index (χ4v) is 2.10. The van der Waals surface area contributed by atoms with Crippen molar-refractivity contribution in [2.45, 2.75) is 59.1 Å². The van der Waals surface area contributed by atoms with Crippen LogP contribution in [0.15, 0.2) is 27.3 Å². The maximum Gasteiger partial charge on any atom is 0.410 e. The first-order chi connectivity index (χ1) is 9.60. The van der Waals surface area contributed by atoms with Gasteiger partial charge in [0.2, 0.25) is 0 Å². The number of carbonyl (C=O) groups excluding carboxylic acids is 1. The lowest BCUT2D eigenvalue weighted by atomic mass is 10.1. The number of halogens is 1. The molecule has 1 heterocycles. The maximum atomic E-state index is 12.1. The number of amides is 1. The second-order valence-corrected chi connectivity index (χ2v) is 7.30. The van der Waals surface area contributed by atoms with Crippen molar-refractivity contribution in [3.05, 3.63) is 22.3 Å². The van der Waals surface area contributed by atoms with Gasteiger partial charge in [0, 0.05) is 35.4 Å². The minimum absolute atomic E-state index is 0.0212. The number of ether oxygens (including phenoxy) is 1. The molecule has 5 heteroatoms. The molecule has 0 aromatic rings. The van der Waals surface area contributed by atoms with E-state index in [0.29, 0.717) is 6.42 Å². The third-order valence-corrected chi connectivity index (χ3v) is 4.06. The molecule has 1 rings (SSSR count). The molecule has 0 fully saturated rings. The molecule has 21 heavy (non-hydrogen) atoms. The highest BCUT2D eigenvalue weighted by atomic mass is 79.9. The minimum atomic E-state index is -0.477. The predicted molar refractivity (Wildman–Crippen MR) is 90.9 cm³/mol. The topological polar surface area (TPSA) is 41.9 Å². The summed E-state index contributed by atoms with van der Waals surface area (Å²) in [4.78, 5) is 18.3. The van der Waals surface area contributed by atoms with Gasteiger partial charge in [-0.2, -0.15) is 0 Å². The molecule has 0 N–H and O–H groups in total. The summed E-state index contributed by atoms with van der Waals surface area (Å²) < 4.78 is 6.48. The van der Waals surface area contributed by atoms with Crippen LogP contribution < -0.4 is 0 Å². The van der Waals surface area contributed by atoms with E-state index in [-0.39, 0.29) is 12.1 Å². The van der Waals surface area contributed by atoms with Crippen molar-refractivity contribution in [3.63, 3.8) is 0 Å². The van der Waals surface area contributed by atoms with Crippen molar-refractivity contribution in [2.24, 2.45) is 4.99 Å². The summed E-state index contributed by atoms with van der Waals surface area (Å²) in [5.74, 6) is 0. The summed E-state index contributed by atoms with van der Waals surface area (Å²) in [7, 11) is 1.76. The van der Waals surface area contributed by atoms with Gasteiger partial charge in [0.1, 0.15) is 5.60 Å². The molecule has 118 valence electrons. The van der Waals surface area contributed by atoms with Crippen LogP contribution >= 0.6 is 15.9 Å². The van der Waals surface area contributed by atoms with E-state index in [0.717, 1.165) is 22.3 Å². The number of allylic oxidation sites excluding steroid dienone is 4. The van der Waals surface area contributed by atoms with Gasteiger partial charge in [-0.15, -0.1) is 0 Å². The first kappa shape index (κ1) is 18.0. The molecule has 1 unspecified atom stereocenters.